The van der Waals surface area contributed by atoms with Crippen molar-refractivity contribution in [3.8, 4) is 0 Å². The Balaban J connectivity index is 1.72. The Morgan fingerprint density at radius 3 is 2.71 bits per heavy atom. The van der Waals surface area contributed by atoms with Gasteiger partial charge >= 0.3 is 0 Å². The maximum Gasteiger partial charge on any atom is 0.239 e. The lowest BCUT2D eigenvalue weighted by atomic mass is 9.99. The number of hydrogen-bond acceptors (Lipinski definition) is 3. The van der Waals surface area contributed by atoms with Gasteiger partial charge in [-0.05, 0) is 37.0 Å². The third-order valence-electron chi connectivity index (χ3n) is 4.90. The van der Waals surface area contributed by atoms with Crippen LogP contribution in [0.15, 0.2) is 42.5 Å². The number of sulfonamides is 1. The summed E-state index contributed by atoms with van der Waals surface area (Å²) in [5, 5.41) is 0. The molecule has 0 saturated heterocycles. The molecule has 2 aromatic rings. The lowest BCUT2D eigenvalue weighted by molar-refractivity contribution is 0.585. The van der Waals surface area contributed by atoms with Crippen LogP contribution in [0.5, 0.6) is 0 Å². The third kappa shape index (κ3) is 2.67. The molecule has 2 aromatic carbocycles. The van der Waals surface area contributed by atoms with Crippen LogP contribution in [0.25, 0.3) is 0 Å². The molecule has 2 aliphatic rings. The van der Waals surface area contributed by atoms with Crippen molar-refractivity contribution in [3.05, 3.63) is 59.2 Å². The molecular weight excluding hydrogens is 320 g/mol. The molecule has 0 saturated carbocycles. The average molecular weight is 342 g/mol. The van der Waals surface area contributed by atoms with Crippen molar-refractivity contribution in [1.82, 2.24) is 0 Å². The molecule has 5 heteroatoms. The van der Waals surface area contributed by atoms with Crippen molar-refractivity contribution in [3.63, 3.8) is 0 Å². The van der Waals surface area contributed by atoms with E-state index in [-0.39, 0.29) is 5.75 Å². The standard InChI is InChI=1S/C19H22N2O2S/c1-15-5-2-6-16(13-15)14-24(22,23)21-12-11-20-10-4-8-17-7-3-9-18(21)19(17)20/h2-3,5-7,9,13H,4,8,10-12,14H2,1H3. The van der Waals surface area contributed by atoms with E-state index in [4.69, 9.17) is 0 Å². The predicted octanol–water partition coefficient (Wildman–Crippen LogP) is 3.10. The smallest absolute Gasteiger partial charge is 0.239 e. The molecule has 0 bridgehead atoms. The van der Waals surface area contributed by atoms with E-state index in [1.54, 1.807) is 4.31 Å². The van der Waals surface area contributed by atoms with Crippen LogP contribution < -0.4 is 9.21 Å². The molecule has 2 aliphatic heterocycles. The van der Waals surface area contributed by atoms with Crippen molar-refractivity contribution in [2.24, 2.45) is 0 Å². The van der Waals surface area contributed by atoms with Gasteiger partial charge in [0.05, 0.1) is 23.7 Å². The first kappa shape index (κ1) is 15.5. The van der Waals surface area contributed by atoms with Crippen LogP contribution in [-0.4, -0.2) is 28.1 Å². The summed E-state index contributed by atoms with van der Waals surface area (Å²) in [5.74, 6) is 0.0539. The zero-order valence-corrected chi connectivity index (χ0v) is 14.7. The van der Waals surface area contributed by atoms with Gasteiger partial charge in [-0.3, -0.25) is 4.31 Å². The number of nitrogens with zero attached hydrogens (tertiary/aromatic N) is 2. The van der Waals surface area contributed by atoms with E-state index in [9.17, 15) is 8.42 Å². The largest absolute Gasteiger partial charge is 0.368 e. The molecule has 0 fully saturated rings. The second-order valence-corrected chi connectivity index (χ2v) is 8.59. The van der Waals surface area contributed by atoms with Gasteiger partial charge in [0.1, 0.15) is 0 Å². The SMILES string of the molecule is Cc1cccc(CS(=O)(=O)N2CCN3CCCc4cccc2c43)c1. The van der Waals surface area contributed by atoms with Crippen molar-refractivity contribution in [2.75, 3.05) is 28.8 Å². The number of hydrogen-bond donors (Lipinski definition) is 0. The second-order valence-electron chi connectivity index (χ2n) is 6.69. The van der Waals surface area contributed by atoms with Gasteiger partial charge in [-0.15, -0.1) is 0 Å². The quantitative estimate of drug-likeness (QED) is 0.861. The minimum atomic E-state index is -3.38. The summed E-state index contributed by atoms with van der Waals surface area (Å²) >= 11 is 0. The van der Waals surface area contributed by atoms with E-state index in [1.807, 2.05) is 43.3 Å². The summed E-state index contributed by atoms with van der Waals surface area (Å²) in [6.45, 7) is 4.32. The summed E-state index contributed by atoms with van der Waals surface area (Å²) in [5.41, 5.74) is 5.19. The average Bonchev–Trinajstić information content (AvgIpc) is 2.55. The first-order valence-electron chi connectivity index (χ1n) is 8.47. The number of rotatable bonds is 3. The van der Waals surface area contributed by atoms with Gasteiger partial charge in [0, 0.05) is 13.1 Å². The van der Waals surface area contributed by atoms with Gasteiger partial charge in [0.2, 0.25) is 10.0 Å². The molecule has 4 rings (SSSR count). The lowest BCUT2D eigenvalue weighted by Gasteiger charge is -2.41. The number of aryl methyl sites for hydroxylation is 2. The van der Waals surface area contributed by atoms with Crippen molar-refractivity contribution in [1.29, 1.82) is 0 Å². The number of benzene rings is 2. The molecular formula is C19H22N2O2S. The minimum Gasteiger partial charge on any atom is -0.368 e. The van der Waals surface area contributed by atoms with E-state index >= 15 is 0 Å². The molecule has 0 aliphatic carbocycles. The second kappa shape index (κ2) is 5.81. The summed E-state index contributed by atoms with van der Waals surface area (Å²) in [4.78, 5) is 2.34. The summed E-state index contributed by atoms with van der Waals surface area (Å²) in [7, 11) is -3.38. The highest BCUT2D eigenvalue weighted by molar-refractivity contribution is 7.92. The molecule has 24 heavy (non-hydrogen) atoms. The Hall–Kier alpha value is -2.01. The monoisotopic (exact) mass is 342 g/mol. The highest BCUT2D eigenvalue weighted by atomic mass is 32.2. The zero-order valence-electron chi connectivity index (χ0n) is 13.9. The Morgan fingerprint density at radius 2 is 1.88 bits per heavy atom. The zero-order chi connectivity index (χ0) is 16.7. The van der Waals surface area contributed by atoms with Gasteiger partial charge in [-0.25, -0.2) is 8.42 Å². The lowest BCUT2D eigenvalue weighted by Crippen LogP contribution is -2.46. The summed E-state index contributed by atoms with van der Waals surface area (Å²) < 4.78 is 27.7. The van der Waals surface area contributed by atoms with Crippen LogP contribution in [0.1, 0.15) is 23.1 Å². The van der Waals surface area contributed by atoms with Gasteiger partial charge in [0.25, 0.3) is 0 Å². The predicted molar refractivity (Wildman–Crippen MR) is 98.1 cm³/mol. The van der Waals surface area contributed by atoms with E-state index in [2.05, 4.69) is 11.0 Å². The minimum absolute atomic E-state index is 0.0539. The van der Waals surface area contributed by atoms with E-state index < -0.39 is 10.0 Å². The third-order valence-corrected chi connectivity index (χ3v) is 6.65. The van der Waals surface area contributed by atoms with Crippen LogP contribution >= 0.6 is 0 Å². The first-order chi connectivity index (χ1) is 11.5. The highest BCUT2D eigenvalue weighted by Gasteiger charge is 2.33. The number of para-hydroxylation sites is 1. The summed E-state index contributed by atoms with van der Waals surface area (Å²) in [6, 6.07) is 13.8. The Kier molecular flexibility index (Phi) is 3.76. The topological polar surface area (TPSA) is 40.6 Å². The van der Waals surface area contributed by atoms with Crippen molar-refractivity contribution >= 4 is 21.4 Å². The molecule has 0 spiro atoms. The molecule has 0 aromatic heterocycles. The van der Waals surface area contributed by atoms with Gasteiger partial charge in [-0.1, -0.05) is 42.0 Å². The van der Waals surface area contributed by atoms with E-state index in [0.29, 0.717) is 6.54 Å². The van der Waals surface area contributed by atoms with Crippen LogP contribution in [0.4, 0.5) is 11.4 Å². The van der Waals surface area contributed by atoms with E-state index in [0.717, 1.165) is 48.4 Å². The molecule has 4 nitrogen and oxygen atoms in total. The molecule has 0 atom stereocenters. The molecule has 0 radical (unpaired) electrons. The molecule has 2 heterocycles. The molecule has 0 N–H and O–H groups in total. The highest BCUT2D eigenvalue weighted by Crippen LogP contribution is 2.40. The maximum absolute atomic E-state index is 13.1. The fourth-order valence-corrected chi connectivity index (χ4v) is 5.42. The van der Waals surface area contributed by atoms with Crippen LogP contribution in [-0.2, 0) is 22.2 Å². The van der Waals surface area contributed by atoms with E-state index in [1.165, 1.54) is 5.56 Å². The first-order valence-corrected chi connectivity index (χ1v) is 10.1. The summed E-state index contributed by atoms with van der Waals surface area (Å²) in [6.07, 6.45) is 2.18. The Bertz CT molecular complexity index is 877. The maximum atomic E-state index is 13.1. The Morgan fingerprint density at radius 1 is 1.04 bits per heavy atom. The van der Waals surface area contributed by atoms with Crippen molar-refractivity contribution < 1.29 is 8.42 Å². The fraction of sp³-hybridized carbons (Fsp3) is 0.368. The van der Waals surface area contributed by atoms with Gasteiger partial charge in [0.15, 0.2) is 0 Å². The fourth-order valence-electron chi connectivity index (χ4n) is 3.85. The van der Waals surface area contributed by atoms with Gasteiger partial charge < -0.3 is 4.90 Å². The van der Waals surface area contributed by atoms with Crippen LogP contribution in [0, 0.1) is 6.92 Å². The molecule has 126 valence electrons. The normalized spacial score (nSPS) is 16.9. The van der Waals surface area contributed by atoms with Crippen LogP contribution in [0.2, 0.25) is 0 Å². The Labute approximate surface area is 143 Å². The van der Waals surface area contributed by atoms with Crippen molar-refractivity contribution in [2.45, 2.75) is 25.5 Å². The number of anilines is 2. The molecule has 0 amide bonds. The van der Waals surface area contributed by atoms with Gasteiger partial charge in [-0.2, -0.15) is 0 Å². The molecule has 0 unspecified atom stereocenters. The van der Waals surface area contributed by atoms with Crippen LogP contribution in [0.3, 0.4) is 0 Å².